The number of aromatic amines is 1. The fourth-order valence-corrected chi connectivity index (χ4v) is 3.22. The summed E-state index contributed by atoms with van der Waals surface area (Å²) in [5.74, 6) is -0.0716. The first-order valence-electron chi connectivity index (χ1n) is 7.39. The zero-order valence-electron chi connectivity index (χ0n) is 12.9. The quantitative estimate of drug-likeness (QED) is 0.778. The van der Waals surface area contributed by atoms with E-state index in [-0.39, 0.29) is 11.9 Å². The summed E-state index contributed by atoms with van der Waals surface area (Å²) in [7, 11) is -0.450. The first kappa shape index (κ1) is 16.9. The fraction of sp³-hybridized carbons (Fsp3) is 0.692. The number of nitrogens with one attached hydrogen (secondary N) is 2. The molecule has 1 aliphatic rings. The number of amides is 1. The Balaban J connectivity index is 1.94. The Morgan fingerprint density at radius 1 is 1.50 bits per heavy atom. The minimum Gasteiger partial charge on any atom is -0.334 e. The summed E-state index contributed by atoms with van der Waals surface area (Å²) in [5.41, 5.74) is 0.473. The molecule has 0 aromatic carbocycles. The topological polar surface area (TPSA) is 98.4 Å². The third-order valence-corrected chi connectivity index (χ3v) is 5.39. The Hall–Kier alpha value is -1.45. The van der Waals surface area contributed by atoms with Gasteiger partial charge in [0.1, 0.15) is 5.69 Å². The molecular formula is C13H23N5O3S. The van der Waals surface area contributed by atoms with E-state index < -0.39 is 10.2 Å². The molecule has 0 radical (unpaired) electrons. The van der Waals surface area contributed by atoms with Crippen molar-refractivity contribution >= 4 is 16.1 Å². The minimum absolute atomic E-state index is 0.0504. The summed E-state index contributed by atoms with van der Waals surface area (Å²) in [6.07, 6.45) is 5.07. The van der Waals surface area contributed by atoms with Crippen LogP contribution in [0.2, 0.25) is 0 Å². The Bertz CT molecular complexity index is 585. The molecule has 0 aliphatic carbocycles. The number of carbonyl (C=O) groups is 1. The summed E-state index contributed by atoms with van der Waals surface area (Å²) in [6.45, 7) is 1.01. The van der Waals surface area contributed by atoms with E-state index >= 15 is 0 Å². The molecule has 1 fully saturated rings. The zero-order valence-corrected chi connectivity index (χ0v) is 13.8. The van der Waals surface area contributed by atoms with Crippen LogP contribution in [0.25, 0.3) is 0 Å². The van der Waals surface area contributed by atoms with E-state index in [1.54, 1.807) is 12.3 Å². The molecule has 1 saturated heterocycles. The zero-order chi connectivity index (χ0) is 16.2. The van der Waals surface area contributed by atoms with Gasteiger partial charge in [-0.2, -0.15) is 17.8 Å². The number of likely N-dealkylation sites (tertiary alicyclic amines) is 1. The van der Waals surface area contributed by atoms with Gasteiger partial charge in [-0.1, -0.05) is 0 Å². The second-order valence-electron chi connectivity index (χ2n) is 5.59. The summed E-state index contributed by atoms with van der Waals surface area (Å²) in [5, 5.41) is 6.50. The number of nitrogens with zero attached hydrogens (tertiary/aromatic N) is 3. The van der Waals surface area contributed by atoms with Crippen molar-refractivity contribution in [2.75, 3.05) is 27.2 Å². The van der Waals surface area contributed by atoms with E-state index in [0.717, 1.165) is 23.6 Å². The van der Waals surface area contributed by atoms with Crippen LogP contribution in [0, 0.1) is 0 Å². The predicted octanol–water partition coefficient (Wildman–Crippen LogP) is 0.191. The second-order valence-corrected chi connectivity index (χ2v) is 7.56. The van der Waals surface area contributed by atoms with Crippen LogP contribution in [0.1, 0.15) is 36.2 Å². The van der Waals surface area contributed by atoms with E-state index in [2.05, 4.69) is 14.9 Å². The molecule has 0 bridgehead atoms. The number of rotatable bonds is 6. The van der Waals surface area contributed by atoms with Gasteiger partial charge in [-0.05, 0) is 31.7 Å². The highest BCUT2D eigenvalue weighted by atomic mass is 32.2. The van der Waals surface area contributed by atoms with Gasteiger partial charge in [-0.15, -0.1) is 0 Å². The molecule has 1 amide bonds. The van der Waals surface area contributed by atoms with Gasteiger partial charge in [0.05, 0.1) is 0 Å². The molecular weight excluding hydrogens is 306 g/mol. The molecule has 2 N–H and O–H groups in total. The van der Waals surface area contributed by atoms with Gasteiger partial charge < -0.3 is 4.90 Å². The molecule has 8 nitrogen and oxygen atoms in total. The van der Waals surface area contributed by atoms with Crippen molar-refractivity contribution in [2.45, 2.75) is 31.7 Å². The van der Waals surface area contributed by atoms with Crippen LogP contribution in [-0.4, -0.2) is 67.0 Å². The van der Waals surface area contributed by atoms with Crippen LogP contribution in [0.15, 0.2) is 12.3 Å². The van der Waals surface area contributed by atoms with E-state index in [1.165, 1.54) is 14.1 Å². The van der Waals surface area contributed by atoms with Gasteiger partial charge in [-0.25, -0.2) is 4.72 Å². The highest BCUT2D eigenvalue weighted by Gasteiger charge is 2.28. The average molecular weight is 329 g/mol. The lowest BCUT2D eigenvalue weighted by Crippen LogP contribution is -2.46. The first-order valence-corrected chi connectivity index (χ1v) is 8.83. The lowest BCUT2D eigenvalue weighted by atomic mass is 9.99. The Kier molecular flexibility index (Phi) is 5.54. The Morgan fingerprint density at radius 2 is 2.27 bits per heavy atom. The lowest BCUT2D eigenvalue weighted by Gasteiger charge is -2.35. The number of H-pyrrole nitrogens is 1. The van der Waals surface area contributed by atoms with E-state index in [4.69, 9.17) is 0 Å². The maximum absolute atomic E-state index is 12.4. The first-order chi connectivity index (χ1) is 10.4. The number of piperidine rings is 1. The number of hydrogen-bond donors (Lipinski definition) is 2. The van der Waals surface area contributed by atoms with Crippen molar-refractivity contribution in [1.29, 1.82) is 0 Å². The van der Waals surface area contributed by atoms with Crippen molar-refractivity contribution in [1.82, 2.24) is 24.1 Å². The van der Waals surface area contributed by atoms with Crippen molar-refractivity contribution in [3.05, 3.63) is 18.0 Å². The fourth-order valence-electron chi connectivity index (χ4n) is 2.58. The number of carbonyl (C=O) groups excluding carboxylic acids is 1. The molecule has 1 aromatic heterocycles. The van der Waals surface area contributed by atoms with Crippen molar-refractivity contribution in [3.63, 3.8) is 0 Å². The average Bonchev–Trinajstić information content (AvgIpc) is 3.01. The van der Waals surface area contributed by atoms with E-state index in [9.17, 15) is 13.2 Å². The highest BCUT2D eigenvalue weighted by Crippen LogP contribution is 2.21. The predicted molar refractivity (Wildman–Crippen MR) is 82.5 cm³/mol. The van der Waals surface area contributed by atoms with Gasteiger partial charge in [0.2, 0.25) is 0 Å². The van der Waals surface area contributed by atoms with Crippen LogP contribution < -0.4 is 4.72 Å². The maximum atomic E-state index is 12.4. The maximum Gasteiger partial charge on any atom is 0.278 e. The summed E-state index contributed by atoms with van der Waals surface area (Å²) >= 11 is 0. The third kappa shape index (κ3) is 4.05. The number of hydrogen-bond acceptors (Lipinski definition) is 4. The van der Waals surface area contributed by atoms with E-state index in [1.807, 2.05) is 4.90 Å². The number of aromatic nitrogens is 2. The Labute approximate surface area is 131 Å². The van der Waals surface area contributed by atoms with Crippen molar-refractivity contribution < 1.29 is 13.2 Å². The van der Waals surface area contributed by atoms with Crippen LogP contribution >= 0.6 is 0 Å². The van der Waals surface area contributed by atoms with Gasteiger partial charge in [-0.3, -0.25) is 9.89 Å². The van der Waals surface area contributed by atoms with Crippen LogP contribution in [0.4, 0.5) is 0 Å². The molecule has 9 heteroatoms. The molecule has 124 valence electrons. The van der Waals surface area contributed by atoms with Crippen LogP contribution in [-0.2, 0) is 10.2 Å². The largest absolute Gasteiger partial charge is 0.334 e. The molecule has 22 heavy (non-hydrogen) atoms. The molecule has 2 heterocycles. The molecule has 0 spiro atoms. The summed E-state index contributed by atoms with van der Waals surface area (Å²) < 4.78 is 27.1. The molecule has 1 atom stereocenters. The molecule has 0 saturated carbocycles. The van der Waals surface area contributed by atoms with Crippen LogP contribution in [0.5, 0.6) is 0 Å². The second kappa shape index (κ2) is 7.21. The van der Waals surface area contributed by atoms with Gasteiger partial charge in [0.15, 0.2) is 0 Å². The smallest absolute Gasteiger partial charge is 0.278 e. The molecule has 1 unspecified atom stereocenters. The van der Waals surface area contributed by atoms with Crippen molar-refractivity contribution in [3.8, 4) is 0 Å². The van der Waals surface area contributed by atoms with Crippen molar-refractivity contribution in [2.24, 2.45) is 0 Å². The SMILES string of the molecule is CN(C)S(=O)(=O)NCCC1CCCCN1C(=O)c1ccn[nH]1. The standard InChI is InChI=1S/C13H23N5O3S/c1-17(2)22(20,21)15-9-6-11-5-3-4-10-18(11)13(19)12-7-8-14-16-12/h7-8,11,15H,3-6,9-10H2,1-2H3,(H,14,16). The van der Waals surface area contributed by atoms with Gasteiger partial charge in [0.25, 0.3) is 16.1 Å². The molecule has 1 aromatic rings. The molecule has 1 aliphatic heterocycles. The normalized spacial score (nSPS) is 19.6. The Morgan fingerprint density at radius 3 is 2.91 bits per heavy atom. The third-order valence-electron chi connectivity index (χ3n) is 3.86. The van der Waals surface area contributed by atoms with Gasteiger partial charge >= 0.3 is 0 Å². The molecule has 2 rings (SSSR count). The minimum atomic E-state index is -3.42. The van der Waals surface area contributed by atoms with Gasteiger partial charge in [0, 0.05) is 39.4 Å². The summed E-state index contributed by atoms with van der Waals surface area (Å²) in [6, 6.07) is 1.71. The highest BCUT2D eigenvalue weighted by molar-refractivity contribution is 7.87. The summed E-state index contributed by atoms with van der Waals surface area (Å²) in [4.78, 5) is 14.3. The monoisotopic (exact) mass is 329 g/mol. The van der Waals surface area contributed by atoms with Crippen LogP contribution in [0.3, 0.4) is 0 Å². The lowest BCUT2D eigenvalue weighted by molar-refractivity contribution is 0.0597. The van der Waals surface area contributed by atoms with E-state index in [0.29, 0.717) is 25.2 Å².